The lowest BCUT2D eigenvalue weighted by atomic mass is 10.6. The summed E-state index contributed by atoms with van der Waals surface area (Å²) in [7, 11) is -1.67. The average Bonchev–Trinajstić information content (AvgIpc) is 2.03. The number of hydrogen-bond donors (Lipinski definition) is 1. The van der Waals surface area contributed by atoms with Crippen LogP contribution in [0.2, 0.25) is 0 Å². The molecule has 0 bridgehead atoms. The van der Waals surface area contributed by atoms with Gasteiger partial charge in [-0.05, 0) is 13.8 Å². The quantitative estimate of drug-likeness (QED) is 0.467. The maximum atomic E-state index is 5.68. The van der Waals surface area contributed by atoms with E-state index in [2.05, 4.69) is 6.58 Å². The highest BCUT2D eigenvalue weighted by Gasteiger charge is 2.18. The van der Waals surface area contributed by atoms with Crippen LogP contribution in [-0.2, 0) is 8.85 Å². The molecule has 4 heteroatoms. The van der Waals surface area contributed by atoms with Gasteiger partial charge in [0.15, 0.2) is 0 Å². The van der Waals surface area contributed by atoms with Gasteiger partial charge in [0.1, 0.15) is 0 Å². The summed E-state index contributed by atoms with van der Waals surface area (Å²) in [4.78, 5) is 0. The third-order valence-electron chi connectivity index (χ3n) is 1.25. The molecular formula is C7H17NO2Si. The highest BCUT2D eigenvalue weighted by atomic mass is 28.3. The molecule has 0 radical (unpaired) electrons. The van der Waals surface area contributed by atoms with Crippen LogP contribution >= 0.6 is 0 Å². The first-order valence-corrected chi connectivity index (χ1v) is 5.48. The molecule has 3 nitrogen and oxygen atoms in total. The van der Waals surface area contributed by atoms with Gasteiger partial charge in [-0.3, -0.25) is 0 Å². The molecule has 0 aliphatic rings. The lowest BCUT2D eigenvalue weighted by Crippen LogP contribution is -2.42. The Labute approximate surface area is 70.0 Å². The SMILES string of the molecule is C=CC(N)[SiH](OCC)OCC. The minimum absolute atomic E-state index is 0.102. The van der Waals surface area contributed by atoms with E-state index in [9.17, 15) is 0 Å². The van der Waals surface area contributed by atoms with Crippen LogP contribution in [0.15, 0.2) is 12.7 Å². The van der Waals surface area contributed by atoms with E-state index in [0.29, 0.717) is 13.2 Å². The van der Waals surface area contributed by atoms with Gasteiger partial charge >= 0.3 is 9.28 Å². The predicted octanol–water partition coefficient (Wildman–Crippen LogP) is 0.332. The Morgan fingerprint density at radius 2 is 1.91 bits per heavy atom. The Morgan fingerprint density at radius 1 is 1.45 bits per heavy atom. The minimum Gasteiger partial charge on any atom is -0.396 e. The standard InChI is InChI=1S/C7H17NO2Si/c1-4-7(8)11(9-5-2)10-6-3/h4,7,11H,1,5-6,8H2,2-3H3. The van der Waals surface area contributed by atoms with Gasteiger partial charge < -0.3 is 14.6 Å². The fourth-order valence-corrected chi connectivity index (χ4v) is 2.13. The lowest BCUT2D eigenvalue weighted by molar-refractivity contribution is 0.209. The number of hydrogen-bond acceptors (Lipinski definition) is 3. The van der Waals surface area contributed by atoms with Gasteiger partial charge in [-0.15, -0.1) is 6.58 Å². The molecule has 0 fully saturated rings. The molecule has 0 aromatic heterocycles. The topological polar surface area (TPSA) is 44.5 Å². The molecule has 0 aromatic carbocycles. The summed E-state index contributed by atoms with van der Waals surface area (Å²) in [6, 6.07) is 0. The van der Waals surface area contributed by atoms with Crippen LogP contribution in [0.4, 0.5) is 0 Å². The van der Waals surface area contributed by atoms with Crippen molar-refractivity contribution in [3.05, 3.63) is 12.7 Å². The number of rotatable bonds is 6. The Morgan fingerprint density at radius 3 is 2.18 bits per heavy atom. The molecule has 0 aliphatic carbocycles. The largest absolute Gasteiger partial charge is 0.396 e. The molecule has 0 saturated heterocycles. The molecule has 1 atom stereocenters. The fourth-order valence-electron chi connectivity index (χ4n) is 0.710. The van der Waals surface area contributed by atoms with Crippen LogP contribution in [0.25, 0.3) is 0 Å². The van der Waals surface area contributed by atoms with Gasteiger partial charge in [0.05, 0.1) is 5.67 Å². The minimum atomic E-state index is -1.67. The van der Waals surface area contributed by atoms with Crippen molar-refractivity contribution in [2.45, 2.75) is 19.5 Å². The van der Waals surface area contributed by atoms with E-state index in [0.717, 1.165) is 0 Å². The molecular weight excluding hydrogens is 158 g/mol. The van der Waals surface area contributed by atoms with E-state index in [-0.39, 0.29) is 5.67 Å². The molecule has 0 aliphatic heterocycles. The molecule has 66 valence electrons. The van der Waals surface area contributed by atoms with Crippen molar-refractivity contribution in [3.63, 3.8) is 0 Å². The second-order valence-corrected chi connectivity index (χ2v) is 4.27. The highest BCUT2D eigenvalue weighted by Crippen LogP contribution is 1.95. The fraction of sp³-hybridized carbons (Fsp3) is 0.714. The average molecular weight is 175 g/mol. The summed E-state index contributed by atoms with van der Waals surface area (Å²) < 4.78 is 10.7. The van der Waals surface area contributed by atoms with Crippen LogP contribution < -0.4 is 5.73 Å². The van der Waals surface area contributed by atoms with Crippen molar-refractivity contribution in [2.75, 3.05) is 13.2 Å². The van der Waals surface area contributed by atoms with Crippen molar-refractivity contribution >= 4 is 9.28 Å². The summed E-state index contributed by atoms with van der Waals surface area (Å²) in [6.07, 6.45) is 1.68. The molecule has 0 heterocycles. The normalized spacial score (nSPS) is 13.5. The first kappa shape index (κ1) is 10.8. The number of nitrogens with two attached hydrogens (primary N) is 1. The molecule has 2 N–H and O–H groups in total. The van der Waals surface area contributed by atoms with E-state index in [1.807, 2.05) is 13.8 Å². The van der Waals surface area contributed by atoms with Gasteiger partial charge in [-0.2, -0.15) is 0 Å². The Balaban J connectivity index is 3.75. The zero-order chi connectivity index (χ0) is 8.69. The zero-order valence-electron chi connectivity index (χ0n) is 7.25. The van der Waals surface area contributed by atoms with Crippen LogP contribution in [-0.4, -0.2) is 28.2 Å². The lowest BCUT2D eigenvalue weighted by Gasteiger charge is -2.18. The van der Waals surface area contributed by atoms with Gasteiger partial charge in [-0.25, -0.2) is 0 Å². The Kier molecular flexibility index (Phi) is 6.44. The van der Waals surface area contributed by atoms with Crippen LogP contribution in [0.3, 0.4) is 0 Å². The van der Waals surface area contributed by atoms with Gasteiger partial charge in [0, 0.05) is 13.2 Å². The Bertz CT molecular complexity index is 105. The first-order chi connectivity index (χ1) is 5.26. The first-order valence-electron chi connectivity index (χ1n) is 3.87. The van der Waals surface area contributed by atoms with E-state index >= 15 is 0 Å². The molecule has 0 amide bonds. The second-order valence-electron chi connectivity index (χ2n) is 2.09. The summed E-state index contributed by atoms with van der Waals surface area (Å²) >= 11 is 0. The van der Waals surface area contributed by atoms with Crippen molar-refractivity contribution < 1.29 is 8.85 Å². The third-order valence-corrected chi connectivity index (χ3v) is 3.47. The molecule has 0 rings (SSSR count). The highest BCUT2D eigenvalue weighted by molar-refractivity contribution is 6.47. The van der Waals surface area contributed by atoms with Gasteiger partial charge in [0.25, 0.3) is 0 Å². The van der Waals surface area contributed by atoms with Crippen LogP contribution in [0.5, 0.6) is 0 Å². The molecule has 1 unspecified atom stereocenters. The van der Waals surface area contributed by atoms with Crippen molar-refractivity contribution in [3.8, 4) is 0 Å². The maximum absolute atomic E-state index is 5.68. The van der Waals surface area contributed by atoms with E-state index in [1.165, 1.54) is 0 Å². The van der Waals surface area contributed by atoms with Crippen LogP contribution in [0.1, 0.15) is 13.8 Å². The molecule has 0 aromatic rings. The molecule has 0 saturated carbocycles. The summed E-state index contributed by atoms with van der Waals surface area (Å²) in [5.41, 5.74) is 5.58. The molecule has 0 spiro atoms. The Hall–Kier alpha value is -0.163. The summed E-state index contributed by atoms with van der Waals surface area (Å²) in [6.45, 7) is 8.80. The smallest absolute Gasteiger partial charge is 0.342 e. The predicted molar refractivity (Wildman–Crippen MR) is 48.6 cm³/mol. The third kappa shape index (κ3) is 4.31. The van der Waals surface area contributed by atoms with Crippen LogP contribution in [0, 0.1) is 0 Å². The van der Waals surface area contributed by atoms with Gasteiger partial charge in [-0.1, -0.05) is 6.08 Å². The zero-order valence-corrected chi connectivity index (χ0v) is 8.40. The van der Waals surface area contributed by atoms with Crippen molar-refractivity contribution in [2.24, 2.45) is 5.73 Å². The van der Waals surface area contributed by atoms with Gasteiger partial charge in [0.2, 0.25) is 0 Å². The second kappa shape index (κ2) is 6.54. The maximum Gasteiger partial charge on any atom is 0.342 e. The van der Waals surface area contributed by atoms with Crippen molar-refractivity contribution in [1.29, 1.82) is 0 Å². The summed E-state index contributed by atoms with van der Waals surface area (Å²) in [5.74, 6) is 0. The van der Waals surface area contributed by atoms with E-state index < -0.39 is 9.28 Å². The summed E-state index contributed by atoms with van der Waals surface area (Å²) in [5, 5.41) is 0. The monoisotopic (exact) mass is 175 g/mol. The van der Waals surface area contributed by atoms with E-state index in [4.69, 9.17) is 14.6 Å². The molecule has 11 heavy (non-hydrogen) atoms. The van der Waals surface area contributed by atoms with E-state index in [1.54, 1.807) is 6.08 Å². The van der Waals surface area contributed by atoms with Crippen molar-refractivity contribution in [1.82, 2.24) is 0 Å².